The van der Waals surface area contributed by atoms with E-state index in [2.05, 4.69) is 11.9 Å². The summed E-state index contributed by atoms with van der Waals surface area (Å²) in [6.07, 6.45) is 0. The van der Waals surface area contributed by atoms with E-state index >= 15 is 0 Å². The van der Waals surface area contributed by atoms with Crippen molar-refractivity contribution >= 4 is 22.6 Å². The predicted octanol–water partition coefficient (Wildman–Crippen LogP) is 2.59. The van der Waals surface area contributed by atoms with Crippen LogP contribution in [0.25, 0.3) is 11.0 Å². The smallest absolute Gasteiger partial charge is 0.354 e. The molecule has 20 heavy (non-hydrogen) atoms. The third-order valence-electron chi connectivity index (χ3n) is 2.77. The molecule has 0 saturated carbocycles. The van der Waals surface area contributed by atoms with Crippen molar-refractivity contribution in [2.45, 2.75) is 13.8 Å². The number of hydrogen-bond donors (Lipinski definition) is 1. The normalized spacial score (nSPS) is 10.3. The Morgan fingerprint density at radius 1 is 1.40 bits per heavy atom. The van der Waals surface area contributed by atoms with Crippen molar-refractivity contribution in [3.8, 4) is 0 Å². The van der Waals surface area contributed by atoms with E-state index in [9.17, 15) is 9.59 Å². The summed E-state index contributed by atoms with van der Waals surface area (Å²) in [4.78, 5) is 22.8. The first kappa shape index (κ1) is 13.9. The lowest BCUT2D eigenvalue weighted by Crippen LogP contribution is -2.13. The number of aryl methyl sites for hydroxylation is 1. The highest BCUT2D eigenvalue weighted by atomic mass is 16.5. The van der Waals surface area contributed by atoms with Gasteiger partial charge in [0.2, 0.25) is 0 Å². The molecule has 104 valence electrons. The molecular weight excluding hydrogens is 258 g/mol. The van der Waals surface area contributed by atoms with Crippen LogP contribution in [0, 0.1) is 6.92 Å². The van der Waals surface area contributed by atoms with Crippen LogP contribution in [0.1, 0.15) is 12.5 Å². The maximum Gasteiger partial charge on any atom is 0.354 e. The second-order valence-electron chi connectivity index (χ2n) is 4.28. The van der Waals surface area contributed by atoms with Gasteiger partial charge in [-0.3, -0.25) is 0 Å². The lowest BCUT2D eigenvalue weighted by atomic mass is 10.1. The summed E-state index contributed by atoms with van der Waals surface area (Å²) in [7, 11) is 0. The van der Waals surface area contributed by atoms with E-state index in [0.29, 0.717) is 11.3 Å². The van der Waals surface area contributed by atoms with Crippen LogP contribution in [0.4, 0.5) is 5.69 Å². The van der Waals surface area contributed by atoms with Crippen LogP contribution in [0.15, 0.2) is 45.8 Å². The SMILES string of the molecule is C=C(Nc1ccc2c(C)cc(=O)oc2c1)C(=O)OCC. The molecule has 1 heterocycles. The van der Waals surface area contributed by atoms with Crippen molar-refractivity contribution in [2.24, 2.45) is 0 Å². The van der Waals surface area contributed by atoms with Crippen molar-refractivity contribution in [2.75, 3.05) is 11.9 Å². The molecule has 2 rings (SSSR count). The first-order chi connectivity index (χ1) is 9.51. The zero-order valence-electron chi connectivity index (χ0n) is 11.4. The summed E-state index contributed by atoms with van der Waals surface area (Å²) in [5.74, 6) is -0.515. The number of benzene rings is 1. The molecule has 0 saturated heterocycles. The van der Waals surface area contributed by atoms with Gasteiger partial charge in [-0.05, 0) is 31.5 Å². The van der Waals surface area contributed by atoms with E-state index in [0.717, 1.165) is 10.9 Å². The van der Waals surface area contributed by atoms with Crippen LogP contribution in [0.3, 0.4) is 0 Å². The quantitative estimate of drug-likeness (QED) is 0.527. The average Bonchev–Trinajstić information content (AvgIpc) is 2.38. The molecule has 0 aliphatic carbocycles. The number of fused-ring (bicyclic) bond motifs is 1. The molecule has 0 spiro atoms. The van der Waals surface area contributed by atoms with E-state index in [1.165, 1.54) is 6.07 Å². The Balaban J connectivity index is 2.30. The molecule has 0 amide bonds. The van der Waals surface area contributed by atoms with Crippen molar-refractivity contribution in [1.82, 2.24) is 0 Å². The van der Waals surface area contributed by atoms with Gasteiger partial charge in [-0.25, -0.2) is 9.59 Å². The number of rotatable bonds is 4. The summed E-state index contributed by atoms with van der Waals surface area (Å²) in [6.45, 7) is 7.45. The fraction of sp³-hybridized carbons (Fsp3) is 0.200. The highest BCUT2D eigenvalue weighted by molar-refractivity contribution is 5.92. The standard InChI is InChI=1S/C15H15NO4/c1-4-19-15(18)10(3)16-11-5-6-12-9(2)7-14(17)20-13(12)8-11/h5-8,16H,3-4H2,1-2H3. The molecule has 0 fully saturated rings. The molecule has 5 heteroatoms. The summed E-state index contributed by atoms with van der Waals surface area (Å²) in [5, 5.41) is 3.67. The fourth-order valence-corrected chi connectivity index (χ4v) is 1.85. The molecule has 1 aromatic heterocycles. The minimum absolute atomic E-state index is 0.126. The Morgan fingerprint density at radius 3 is 2.85 bits per heavy atom. The first-order valence-corrected chi connectivity index (χ1v) is 6.19. The summed E-state index contributed by atoms with van der Waals surface area (Å²) in [6, 6.07) is 6.68. The van der Waals surface area contributed by atoms with Crippen molar-refractivity contribution < 1.29 is 13.9 Å². The van der Waals surface area contributed by atoms with Crippen LogP contribution in [0.5, 0.6) is 0 Å². The number of nitrogens with one attached hydrogen (secondary N) is 1. The van der Waals surface area contributed by atoms with Crippen LogP contribution in [-0.2, 0) is 9.53 Å². The van der Waals surface area contributed by atoms with E-state index in [1.54, 1.807) is 19.1 Å². The Hall–Kier alpha value is -2.56. The number of ether oxygens (including phenoxy) is 1. The van der Waals surface area contributed by atoms with Crippen LogP contribution < -0.4 is 10.9 Å². The maximum atomic E-state index is 11.5. The van der Waals surface area contributed by atoms with Crippen molar-refractivity contribution in [1.29, 1.82) is 0 Å². The highest BCUT2D eigenvalue weighted by Gasteiger charge is 2.09. The number of carbonyl (C=O) groups excluding carboxylic acids is 1. The second-order valence-corrected chi connectivity index (χ2v) is 4.28. The lowest BCUT2D eigenvalue weighted by molar-refractivity contribution is -0.138. The van der Waals surface area contributed by atoms with Gasteiger partial charge >= 0.3 is 11.6 Å². The maximum absolute atomic E-state index is 11.5. The van der Waals surface area contributed by atoms with Gasteiger partial charge in [0.25, 0.3) is 0 Å². The van der Waals surface area contributed by atoms with Gasteiger partial charge in [0.15, 0.2) is 0 Å². The number of hydrogen-bond acceptors (Lipinski definition) is 5. The molecule has 0 aliphatic rings. The minimum atomic E-state index is -0.515. The Morgan fingerprint density at radius 2 is 2.15 bits per heavy atom. The fourth-order valence-electron chi connectivity index (χ4n) is 1.85. The molecule has 2 aromatic rings. The molecule has 0 unspecified atom stereocenters. The Labute approximate surface area is 115 Å². The zero-order valence-corrected chi connectivity index (χ0v) is 11.4. The van der Waals surface area contributed by atoms with E-state index in [-0.39, 0.29) is 12.3 Å². The van der Waals surface area contributed by atoms with Gasteiger partial charge in [-0.2, -0.15) is 0 Å². The summed E-state index contributed by atoms with van der Waals surface area (Å²) >= 11 is 0. The highest BCUT2D eigenvalue weighted by Crippen LogP contribution is 2.21. The van der Waals surface area contributed by atoms with Crippen LogP contribution >= 0.6 is 0 Å². The molecular formula is C15H15NO4. The first-order valence-electron chi connectivity index (χ1n) is 6.19. The predicted molar refractivity (Wildman–Crippen MR) is 76.6 cm³/mol. The summed E-state index contributed by atoms with van der Waals surface area (Å²) in [5.41, 5.74) is 1.62. The zero-order chi connectivity index (χ0) is 14.7. The van der Waals surface area contributed by atoms with Gasteiger partial charge in [0.1, 0.15) is 11.3 Å². The third kappa shape index (κ3) is 2.88. The Bertz CT molecular complexity index is 730. The van der Waals surface area contributed by atoms with Crippen molar-refractivity contribution in [3.05, 3.63) is 52.5 Å². The van der Waals surface area contributed by atoms with E-state index in [4.69, 9.17) is 9.15 Å². The molecule has 0 aliphatic heterocycles. The number of carbonyl (C=O) groups is 1. The third-order valence-corrected chi connectivity index (χ3v) is 2.77. The lowest BCUT2D eigenvalue weighted by Gasteiger charge is -2.09. The van der Waals surface area contributed by atoms with Crippen molar-refractivity contribution in [3.63, 3.8) is 0 Å². The molecule has 1 N–H and O–H groups in total. The summed E-state index contributed by atoms with van der Waals surface area (Å²) < 4.78 is 9.96. The minimum Gasteiger partial charge on any atom is -0.461 e. The van der Waals surface area contributed by atoms with Gasteiger partial charge in [0.05, 0.1) is 6.61 Å². The Kier molecular flexibility index (Phi) is 3.89. The van der Waals surface area contributed by atoms with Gasteiger partial charge in [-0.15, -0.1) is 0 Å². The number of esters is 1. The molecule has 0 atom stereocenters. The van der Waals surface area contributed by atoms with Crippen LogP contribution in [-0.4, -0.2) is 12.6 Å². The monoisotopic (exact) mass is 273 g/mol. The topological polar surface area (TPSA) is 68.5 Å². The molecule has 0 radical (unpaired) electrons. The molecule has 5 nitrogen and oxygen atoms in total. The van der Waals surface area contributed by atoms with Gasteiger partial charge in [-0.1, -0.05) is 6.58 Å². The average molecular weight is 273 g/mol. The largest absolute Gasteiger partial charge is 0.461 e. The second kappa shape index (κ2) is 5.61. The molecule has 1 aromatic carbocycles. The van der Waals surface area contributed by atoms with Gasteiger partial charge < -0.3 is 14.5 Å². The van der Waals surface area contributed by atoms with E-state index in [1.807, 2.05) is 13.0 Å². The van der Waals surface area contributed by atoms with Crippen LogP contribution in [0.2, 0.25) is 0 Å². The van der Waals surface area contributed by atoms with Gasteiger partial charge in [0, 0.05) is 23.2 Å². The number of anilines is 1. The molecule has 0 bridgehead atoms. The van der Waals surface area contributed by atoms with E-state index < -0.39 is 11.6 Å².